The number of benzene rings is 4. The third-order valence-corrected chi connectivity index (χ3v) is 5.78. The minimum Gasteiger partial charge on any atom is -0.289 e. The Balaban J connectivity index is 1.43. The first kappa shape index (κ1) is 16.1. The van der Waals surface area contributed by atoms with Gasteiger partial charge in [0.2, 0.25) is 0 Å². The summed E-state index contributed by atoms with van der Waals surface area (Å²) in [7, 11) is 0. The Kier molecular flexibility index (Phi) is 3.38. The molecule has 1 aliphatic carbocycles. The predicted octanol–water partition coefficient (Wildman–Crippen LogP) is 6.88. The van der Waals surface area contributed by atoms with Crippen molar-refractivity contribution < 1.29 is 4.79 Å². The number of rotatable bonds is 2. The van der Waals surface area contributed by atoms with Gasteiger partial charge in [-0.3, -0.25) is 4.79 Å². The summed E-state index contributed by atoms with van der Waals surface area (Å²) in [5.41, 5.74) is 9.86. The molecule has 1 heterocycles. The number of fused-ring (bicyclic) bond motifs is 4. The summed E-state index contributed by atoms with van der Waals surface area (Å²) in [4.78, 5) is 13.3. The van der Waals surface area contributed by atoms with Gasteiger partial charge in [0, 0.05) is 16.7 Å². The molecule has 0 amide bonds. The number of carbonyl (C=O) groups is 1. The molecular weight excluding hydrogens is 356 g/mol. The van der Waals surface area contributed by atoms with E-state index in [1.54, 1.807) is 0 Å². The van der Waals surface area contributed by atoms with Crippen LogP contribution in [0.4, 0.5) is 11.4 Å². The molecule has 0 fully saturated rings. The molecule has 0 spiro atoms. The maximum Gasteiger partial charge on any atom is 0.194 e. The molecule has 6 rings (SSSR count). The normalized spacial score (nSPS) is 13.3. The zero-order chi connectivity index (χ0) is 19.4. The number of carbonyl (C=O) groups excluding carboxylic acids is 1. The molecule has 0 atom stereocenters. The summed E-state index contributed by atoms with van der Waals surface area (Å²) in [5.74, 6) is 0.116. The fourth-order valence-electron chi connectivity index (χ4n) is 4.34. The maximum absolute atomic E-state index is 13.3. The van der Waals surface area contributed by atoms with Crippen LogP contribution in [0.1, 0.15) is 27.0 Å². The Hall–Kier alpha value is -3.85. The molecule has 0 aromatic heterocycles. The van der Waals surface area contributed by atoms with Crippen LogP contribution in [-0.4, -0.2) is 5.78 Å². The van der Waals surface area contributed by atoms with Crippen LogP contribution in [0.15, 0.2) is 95.2 Å². The standard InChI is InChI=1S/C26H16N2O/c29-26-23-6-2-1-4-18(23)14-19-5-3-7-22(25(19)26)17-10-8-16(9-11-17)21-13-12-20-15-24(21)28-27-20/h1-13,15H,14H2. The fraction of sp³-hybridized carbons (Fsp3) is 0.0385. The lowest BCUT2D eigenvalue weighted by atomic mass is 9.81. The molecule has 4 aromatic carbocycles. The van der Waals surface area contributed by atoms with E-state index in [1.807, 2.05) is 48.5 Å². The number of azo groups is 1. The molecule has 2 aliphatic rings. The number of hydrogen-bond donors (Lipinski definition) is 0. The first-order valence-corrected chi connectivity index (χ1v) is 9.69. The van der Waals surface area contributed by atoms with Gasteiger partial charge in [-0.1, -0.05) is 66.7 Å². The third kappa shape index (κ3) is 2.48. The Morgan fingerprint density at radius 1 is 0.621 bits per heavy atom. The van der Waals surface area contributed by atoms with Crippen LogP contribution in [0.25, 0.3) is 22.3 Å². The smallest absolute Gasteiger partial charge is 0.194 e. The molecular formula is C26H16N2O. The van der Waals surface area contributed by atoms with Crippen molar-refractivity contribution in [3.63, 3.8) is 0 Å². The minimum atomic E-state index is 0.116. The van der Waals surface area contributed by atoms with E-state index in [-0.39, 0.29) is 5.78 Å². The Bertz CT molecular complexity index is 1330. The average Bonchev–Trinajstić information content (AvgIpc) is 3.14. The summed E-state index contributed by atoms with van der Waals surface area (Å²) in [6.45, 7) is 0. The Morgan fingerprint density at radius 3 is 2.21 bits per heavy atom. The van der Waals surface area contributed by atoms with Crippen molar-refractivity contribution in [2.75, 3.05) is 0 Å². The van der Waals surface area contributed by atoms with E-state index in [1.165, 1.54) is 0 Å². The molecule has 3 heteroatoms. The molecule has 0 radical (unpaired) electrons. The second-order valence-corrected chi connectivity index (χ2v) is 7.48. The van der Waals surface area contributed by atoms with E-state index in [9.17, 15) is 4.79 Å². The first-order valence-electron chi connectivity index (χ1n) is 9.69. The summed E-state index contributed by atoms with van der Waals surface area (Å²) < 4.78 is 0. The minimum absolute atomic E-state index is 0.116. The van der Waals surface area contributed by atoms with Gasteiger partial charge < -0.3 is 0 Å². The largest absolute Gasteiger partial charge is 0.289 e. The topological polar surface area (TPSA) is 41.8 Å². The molecule has 2 bridgehead atoms. The summed E-state index contributed by atoms with van der Waals surface area (Å²) in [6.07, 6.45) is 0.796. The quantitative estimate of drug-likeness (QED) is 0.326. The summed E-state index contributed by atoms with van der Waals surface area (Å²) in [5, 5.41) is 8.35. The average molecular weight is 372 g/mol. The zero-order valence-corrected chi connectivity index (χ0v) is 15.6. The van der Waals surface area contributed by atoms with E-state index in [0.29, 0.717) is 0 Å². The number of hydrogen-bond acceptors (Lipinski definition) is 3. The lowest BCUT2D eigenvalue weighted by molar-refractivity contribution is 0.103. The Labute approximate surface area is 168 Å². The summed E-state index contributed by atoms with van der Waals surface area (Å²) >= 11 is 0. The highest BCUT2D eigenvalue weighted by atomic mass is 16.1. The van der Waals surface area contributed by atoms with Crippen molar-refractivity contribution in [2.24, 2.45) is 10.2 Å². The molecule has 3 nitrogen and oxygen atoms in total. The second-order valence-electron chi connectivity index (χ2n) is 7.48. The van der Waals surface area contributed by atoms with Crippen molar-refractivity contribution in [1.29, 1.82) is 0 Å². The molecule has 0 saturated carbocycles. The fourth-order valence-corrected chi connectivity index (χ4v) is 4.34. The number of ketones is 1. The zero-order valence-electron chi connectivity index (χ0n) is 15.6. The van der Waals surface area contributed by atoms with Gasteiger partial charge >= 0.3 is 0 Å². The van der Waals surface area contributed by atoms with Crippen molar-refractivity contribution in [3.05, 3.63) is 107 Å². The molecule has 0 unspecified atom stereocenters. The molecule has 4 aromatic rings. The van der Waals surface area contributed by atoms with Crippen LogP contribution in [0.5, 0.6) is 0 Å². The summed E-state index contributed by atoms with van der Waals surface area (Å²) in [6, 6.07) is 28.5. The second kappa shape index (κ2) is 6.08. The first-order chi connectivity index (χ1) is 14.3. The van der Waals surface area contributed by atoms with Gasteiger partial charge in [-0.25, -0.2) is 0 Å². The van der Waals surface area contributed by atoms with Gasteiger partial charge in [-0.2, -0.15) is 5.11 Å². The molecule has 0 N–H and O–H groups in total. The van der Waals surface area contributed by atoms with Gasteiger partial charge in [0.15, 0.2) is 5.78 Å². The number of nitrogens with zero attached hydrogens (tertiary/aromatic N) is 2. The third-order valence-electron chi connectivity index (χ3n) is 5.78. The van der Waals surface area contributed by atoms with E-state index in [2.05, 4.69) is 46.6 Å². The molecule has 0 saturated heterocycles. The van der Waals surface area contributed by atoms with Crippen LogP contribution in [0.2, 0.25) is 0 Å². The molecule has 29 heavy (non-hydrogen) atoms. The maximum atomic E-state index is 13.3. The van der Waals surface area contributed by atoms with Gasteiger partial charge in [-0.05, 0) is 52.4 Å². The van der Waals surface area contributed by atoms with Gasteiger partial charge in [0.05, 0.1) is 11.4 Å². The van der Waals surface area contributed by atoms with Crippen molar-refractivity contribution in [1.82, 2.24) is 0 Å². The van der Waals surface area contributed by atoms with Crippen LogP contribution < -0.4 is 0 Å². The van der Waals surface area contributed by atoms with E-state index >= 15 is 0 Å². The van der Waals surface area contributed by atoms with Crippen molar-refractivity contribution in [3.8, 4) is 22.3 Å². The molecule has 136 valence electrons. The van der Waals surface area contributed by atoms with E-state index < -0.39 is 0 Å². The van der Waals surface area contributed by atoms with Gasteiger partial charge in [0.25, 0.3) is 0 Å². The van der Waals surface area contributed by atoms with E-state index in [0.717, 1.165) is 62.3 Å². The highest BCUT2D eigenvalue weighted by molar-refractivity contribution is 6.16. The van der Waals surface area contributed by atoms with Crippen LogP contribution in [0, 0.1) is 0 Å². The SMILES string of the molecule is O=C1c2ccccc2Cc2cccc(-c3ccc(-c4ccc5cc4N=N5)cc3)c21. The van der Waals surface area contributed by atoms with Crippen LogP contribution in [-0.2, 0) is 6.42 Å². The monoisotopic (exact) mass is 372 g/mol. The Morgan fingerprint density at radius 2 is 1.34 bits per heavy atom. The molecule has 1 aliphatic heterocycles. The lowest BCUT2D eigenvalue weighted by Gasteiger charge is -2.21. The van der Waals surface area contributed by atoms with Gasteiger partial charge in [0.1, 0.15) is 0 Å². The highest BCUT2D eigenvalue weighted by Crippen LogP contribution is 2.40. The van der Waals surface area contributed by atoms with Crippen LogP contribution in [0.3, 0.4) is 0 Å². The van der Waals surface area contributed by atoms with Crippen LogP contribution >= 0.6 is 0 Å². The lowest BCUT2D eigenvalue weighted by Crippen LogP contribution is -2.16. The predicted molar refractivity (Wildman–Crippen MR) is 114 cm³/mol. The van der Waals surface area contributed by atoms with E-state index in [4.69, 9.17) is 0 Å². The van der Waals surface area contributed by atoms with Crippen molar-refractivity contribution >= 4 is 17.2 Å². The van der Waals surface area contributed by atoms with Crippen molar-refractivity contribution in [2.45, 2.75) is 6.42 Å². The highest BCUT2D eigenvalue weighted by Gasteiger charge is 2.25. The van der Waals surface area contributed by atoms with Gasteiger partial charge in [-0.15, -0.1) is 5.11 Å².